The second-order valence-electron chi connectivity index (χ2n) is 7.65. The number of pyridine rings is 1. The molecule has 144 valence electrons. The number of H-pyrrole nitrogens is 1. The molecule has 1 saturated heterocycles. The molecule has 28 heavy (non-hydrogen) atoms. The lowest BCUT2D eigenvalue weighted by Gasteiger charge is -2.36. The van der Waals surface area contributed by atoms with Gasteiger partial charge in [-0.05, 0) is 55.9 Å². The second kappa shape index (κ2) is 7.97. The zero-order valence-electron chi connectivity index (χ0n) is 16.5. The Kier molecular flexibility index (Phi) is 5.24. The molecule has 1 aliphatic rings. The van der Waals surface area contributed by atoms with Crippen LogP contribution in [0.4, 0.5) is 0 Å². The summed E-state index contributed by atoms with van der Waals surface area (Å²) in [7, 11) is 0. The third-order valence-corrected chi connectivity index (χ3v) is 5.61. The second-order valence-corrected chi connectivity index (χ2v) is 7.65. The summed E-state index contributed by atoms with van der Waals surface area (Å²) >= 11 is 0. The molecule has 5 nitrogen and oxygen atoms in total. The maximum atomic E-state index is 13.2. The van der Waals surface area contributed by atoms with Gasteiger partial charge in [0.15, 0.2) is 0 Å². The van der Waals surface area contributed by atoms with Crippen LogP contribution in [0.2, 0.25) is 0 Å². The predicted octanol–water partition coefficient (Wildman–Crippen LogP) is 4.38. The first-order chi connectivity index (χ1) is 13.6. The van der Waals surface area contributed by atoms with Gasteiger partial charge in [0.2, 0.25) is 5.91 Å². The molecule has 5 heteroatoms. The molecule has 0 radical (unpaired) electrons. The number of amides is 1. The van der Waals surface area contributed by atoms with E-state index >= 15 is 0 Å². The number of piperidine rings is 1. The Morgan fingerprint density at radius 3 is 2.71 bits per heavy atom. The molecule has 4 rings (SSSR count). The van der Waals surface area contributed by atoms with Crippen LogP contribution >= 0.6 is 0 Å². The van der Waals surface area contributed by atoms with Gasteiger partial charge in [-0.15, -0.1) is 0 Å². The fourth-order valence-electron chi connectivity index (χ4n) is 4.05. The fraction of sp³-hybridized carbons (Fsp3) is 0.348. The van der Waals surface area contributed by atoms with Crippen molar-refractivity contribution in [3.8, 4) is 11.1 Å². The van der Waals surface area contributed by atoms with Crippen LogP contribution in [-0.4, -0.2) is 32.5 Å². The van der Waals surface area contributed by atoms with Crippen molar-refractivity contribution in [3.63, 3.8) is 0 Å². The SMILES string of the molecule is Cc1ccc(CC(=O)N2CCCC[C@H]2c2[nH]ncc2-c2ccncc2C)cc1. The third kappa shape index (κ3) is 3.70. The molecule has 0 saturated carbocycles. The van der Waals surface area contributed by atoms with Crippen molar-refractivity contribution in [1.82, 2.24) is 20.1 Å². The molecule has 0 unspecified atom stereocenters. The van der Waals surface area contributed by atoms with Gasteiger partial charge in [0.05, 0.1) is 24.4 Å². The van der Waals surface area contributed by atoms with Crippen molar-refractivity contribution >= 4 is 5.91 Å². The van der Waals surface area contributed by atoms with Gasteiger partial charge in [0.25, 0.3) is 0 Å². The van der Waals surface area contributed by atoms with Gasteiger partial charge in [0, 0.05) is 24.5 Å². The number of aryl methyl sites for hydroxylation is 2. The van der Waals surface area contributed by atoms with Crippen LogP contribution in [0.1, 0.15) is 47.7 Å². The number of nitrogens with one attached hydrogen (secondary N) is 1. The van der Waals surface area contributed by atoms with E-state index in [9.17, 15) is 4.79 Å². The number of aromatic amines is 1. The monoisotopic (exact) mass is 374 g/mol. The minimum absolute atomic E-state index is 0.0387. The molecular weight excluding hydrogens is 348 g/mol. The molecule has 0 aliphatic carbocycles. The lowest BCUT2D eigenvalue weighted by molar-refractivity contribution is -0.134. The van der Waals surface area contributed by atoms with E-state index in [0.29, 0.717) is 6.42 Å². The summed E-state index contributed by atoms with van der Waals surface area (Å²) in [6.45, 7) is 4.91. The van der Waals surface area contributed by atoms with E-state index in [1.54, 1.807) is 6.20 Å². The van der Waals surface area contributed by atoms with E-state index in [1.165, 1.54) is 5.56 Å². The van der Waals surface area contributed by atoms with Gasteiger partial charge in [0.1, 0.15) is 0 Å². The van der Waals surface area contributed by atoms with Crippen LogP contribution < -0.4 is 0 Å². The third-order valence-electron chi connectivity index (χ3n) is 5.61. The highest BCUT2D eigenvalue weighted by Gasteiger charge is 2.31. The molecule has 1 aliphatic heterocycles. The van der Waals surface area contributed by atoms with Gasteiger partial charge in [-0.1, -0.05) is 29.8 Å². The van der Waals surface area contributed by atoms with Crippen LogP contribution in [0.25, 0.3) is 11.1 Å². The minimum Gasteiger partial charge on any atom is -0.334 e. The summed E-state index contributed by atoms with van der Waals surface area (Å²) < 4.78 is 0. The standard InChI is InChI=1S/C23H26N4O/c1-16-6-8-18(9-7-16)13-22(28)27-12-4-3-5-21(27)23-20(15-25-26-23)19-10-11-24-14-17(19)2/h6-11,14-15,21H,3-5,12-13H2,1-2H3,(H,25,26)/t21-/m0/s1. The molecule has 1 N–H and O–H groups in total. The Bertz CT molecular complexity index is 961. The van der Waals surface area contributed by atoms with Crippen molar-refractivity contribution in [3.05, 3.63) is 71.3 Å². The average Bonchev–Trinajstić information content (AvgIpc) is 3.19. The maximum absolute atomic E-state index is 13.2. The van der Waals surface area contributed by atoms with Crippen LogP contribution in [0, 0.1) is 13.8 Å². The number of nitrogens with zero attached hydrogens (tertiary/aromatic N) is 3. The van der Waals surface area contributed by atoms with E-state index < -0.39 is 0 Å². The number of carbonyl (C=O) groups excluding carboxylic acids is 1. The largest absolute Gasteiger partial charge is 0.334 e. The quantitative estimate of drug-likeness (QED) is 0.737. The topological polar surface area (TPSA) is 61.9 Å². The molecule has 0 spiro atoms. The zero-order chi connectivity index (χ0) is 19.5. The van der Waals surface area contributed by atoms with Crippen molar-refractivity contribution in [2.24, 2.45) is 0 Å². The summed E-state index contributed by atoms with van der Waals surface area (Å²) in [4.78, 5) is 19.4. The van der Waals surface area contributed by atoms with Crippen LogP contribution in [-0.2, 0) is 11.2 Å². The Morgan fingerprint density at radius 1 is 1.11 bits per heavy atom. The summed E-state index contributed by atoms with van der Waals surface area (Å²) in [6, 6.07) is 10.3. The Morgan fingerprint density at radius 2 is 1.93 bits per heavy atom. The zero-order valence-corrected chi connectivity index (χ0v) is 16.5. The minimum atomic E-state index is 0.0387. The smallest absolute Gasteiger partial charge is 0.227 e. The number of hydrogen-bond acceptors (Lipinski definition) is 3. The number of aromatic nitrogens is 3. The molecule has 1 atom stereocenters. The number of hydrogen-bond donors (Lipinski definition) is 1. The molecule has 2 aromatic heterocycles. The van der Waals surface area contributed by atoms with E-state index in [4.69, 9.17) is 0 Å². The summed E-state index contributed by atoms with van der Waals surface area (Å²) in [5.74, 6) is 0.181. The number of carbonyl (C=O) groups is 1. The predicted molar refractivity (Wildman–Crippen MR) is 110 cm³/mol. The van der Waals surface area contributed by atoms with Crippen LogP contribution in [0.3, 0.4) is 0 Å². The van der Waals surface area contributed by atoms with Crippen molar-refractivity contribution < 1.29 is 4.79 Å². The van der Waals surface area contributed by atoms with Gasteiger partial charge in [-0.25, -0.2) is 0 Å². The molecule has 0 bridgehead atoms. The number of likely N-dealkylation sites (tertiary alicyclic amines) is 1. The van der Waals surface area contributed by atoms with Crippen molar-refractivity contribution in [2.45, 2.75) is 45.6 Å². The van der Waals surface area contributed by atoms with Crippen LogP contribution in [0.15, 0.2) is 48.9 Å². The Balaban J connectivity index is 1.61. The highest BCUT2D eigenvalue weighted by Crippen LogP contribution is 2.36. The first kappa shape index (κ1) is 18.4. The van der Waals surface area contributed by atoms with E-state index in [0.717, 1.165) is 53.8 Å². The average molecular weight is 374 g/mol. The van der Waals surface area contributed by atoms with Gasteiger partial charge in [-0.3, -0.25) is 14.9 Å². The van der Waals surface area contributed by atoms with Gasteiger partial charge < -0.3 is 4.90 Å². The molecular formula is C23H26N4O. The molecule has 3 aromatic rings. The van der Waals surface area contributed by atoms with E-state index in [1.807, 2.05) is 35.5 Å². The molecule has 1 aromatic carbocycles. The van der Waals surface area contributed by atoms with Crippen molar-refractivity contribution in [1.29, 1.82) is 0 Å². The van der Waals surface area contributed by atoms with Gasteiger partial charge in [-0.2, -0.15) is 5.10 Å². The maximum Gasteiger partial charge on any atom is 0.227 e. The van der Waals surface area contributed by atoms with E-state index in [-0.39, 0.29) is 11.9 Å². The number of rotatable bonds is 4. The highest BCUT2D eigenvalue weighted by molar-refractivity contribution is 5.80. The first-order valence-corrected chi connectivity index (χ1v) is 9.93. The van der Waals surface area contributed by atoms with E-state index in [2.05, 4.69) is 41.2 Å². The fourth-order valence-corrected chi connectivity index (χ4v) is 4.05. The molecule has 3 heterocycles. The summed E-state index contributed by atoms with van der Waals surface area (Å²) in [6.07, 6.45) is 9.11. The Hall–Kier alpha value is -2.95. The Labute approximate surface area is 165 Å². The normalized spacial score (nSPS) is 16.9. The first-order valence-electron chi connectivity index (χ1n) is 9.93. The number of benzene rings is 1. The summed E-state index contributed by atoms with van der Waals surface area (Å²) in [5.41, 5.74) is 6.61. The highest BCUT2D eigenvalue weighted by atomic mass is 16.2. The lowest BCUT2D eigenvalue weighted by Crippen LogP contribution is -2.39. The summed E-state index contributed by atoms with van der Waals surface area (Å²) in [5, 5.41) is 7.51. The van der Waals surface area contributed by atoms with Gasteiger partial charge >= 0.3 is 0 Å². The molecule has 1 fully saturated rings. The molecule has 1 amide bonds. The van der Waals surface area contributed by atoms with Crippen LogP contribution in [0.5, 0.6) is 0 Å². The lowest BCUT2D eigenvalue weighted by atomic mass is 9.93. The van der Waals surface area contributed by atoms with Crippen molar-refractivity contribution in [2.75, 3.05) is 6.54 Å².